The van der Waals surface area contributed by atoms with Gasteiger partial charge in [0.2, 0.25) is 11.8 Å². The van der Waals surface area contributed by atoms with Crippen LogP contribution in [0.15, 0.2) is 10.6 Å². The van der Waals surface area contributed by atoms with Crippen molar-refractivity contribution in [2.75, 3.05) is 13.1 Å². The van der Waals surface area contributed by atoms with Gasteiger partial charge in [-0.2, -0.15) is 13.2 Å². The number of alkyl halides is 3. The molecule has 0 aliphatic carbocycles. The molecule has 1 rings (SSSR count). The summed E-state index contributed by atoms with van der Waals surface area (Å²) in [6, 6.07) is 0. The van der Waals surface area contributed by atoms with Gasteiger partial charge in [0.15, 0.2) is 0 Å². The van der Waals surface area contributed by atoms with Gasteiger partial charge in [-0.3, -0.25) is 10.1 Å². The molecule has 2 N–H and O–H groups in total. The third-order valence-corrected chi connectivity index (χ3v) is 2.00. The van der Waals surface area contributed by atoms with Crippen molar-refractivity contribution in [2.24, 2.45) is 0 Å². The van der Waals surface area contributed by atoms with E-state index in [4.69, 9.17) is 4.42 Å². The summed E-state index contributed by atoms with van der Waals surface area (Å²) in [6.07, 6.45) is -2.12. The van der Waals surface area contributed by atoms with Gasteiger partial charge in [0.05, 0.1) is 19.3 Å². The van der Waals surface area contributed by atoms with Crippen LogP contribution in [0.25, 0.3) is 0 Å². The summed E-state index contributed by atoms with van der Waals surface area (Å²) < 4.78 is 40.6. The lowest BCUT2D eigenvalue weighted by Crippen LogP contribution is -2.39. The summed E-state index contributed by atoms with van der Waals surface area (Å²) in [5, 5.41) is 4.39. The van der Waals surface area contributed by atoms with Gasteiger partial charge in [-0.15, -0.1) is 0 Å². The van der Waals surface area contributed by atoms with Crippen molar-refractivity contribution >= 4 is 5.91 Å². The van der Waals surface area contributed by atoms with Gasteiger partial charge < -0.3 is 9.73 Å². The van der Waals surface area contributed by atoms with E-state index in [0.717, 1.165) is 0 Å². The highest BCUT2D eigenvalue weighted by molar-refractivity contribution is 5.77. The van der Waals surface area contributed by atoms with E-state index in [2.05, 4.69) is 10.3 Å². The monoisotopic (exact) mass is 265 g/mol. The van der Waals surface area contributed by atoms with E-state index in [0.29, 0.717) is 18.1 Å². The largest absolute Gasteiger partial charge is 0.444 e. The van der Waals surface area contributed by atoms with Crippen LogP contribution in [-0.4, -0.2) is 30.2 Å². The molecule has 0 radical (unpaired) electrons. The molecule has 5 nitrogen and oxygen atoms in total. The molecule has 0 fully saturated rings. The van der Waals surface area contributed by atoms with Crippen molar-refractivity contribution in [3.8, 4) is 0 Å². The molecule has 0 atom stereocenters. The second-order valence-corrected chi connectivity index (χ2v) is 3.57. The Labute approximate surface area is 102 Å². The third-order valence-electron chi connectivity index (χ3n) is 2.00. The van der Waals surface area contributed by atoms with Crippen molar-refractivity contribution in [3.05, 3.63) is 17.8 Å². The number of amides is 1. The molecule has 0 saturated carbocycles. The normalized spacial score (nSPS) is 11.6. The van der Waals surface area contributed by atoms with Gasteiger partial charge in [-0.1, -0.05) is 6.92 Å². The zero-order chi connectivity index (χ0) is 13.6. The smallest absolute Gasteiger partial charge is 0.405 e. The van der Waals surface area contributed by atoms with Crippen molar-refractivity contribution in [1.29, 1.82) is 0 Å². The van der Waals surface area contributed by atoms with E-state index in [9.17, 15) is 18.0 Å². The Kier molecular flexibility index (Phi) is 5.14. The first-order valence-corrected chi connectivity index (χ1v) is 5.38. The average Bonchev–Trinajstić information content (AvgIpc) is 2.73. The second-order valence-electron chi connectivity index (χ2n) is 3.57. The van der Waals surface area contributed by atoms with Crippen LogP contribution < -0.4 is 10.6 Å². The maximum atomic E-state index is 11.8. The lowest BCUT2D eigenvalue weighted by molar-refractivity contribution is -0.137. The van der Waals surface area contributed by atoms with E-state index < -0.39 is 18.6 Å². The molecule has 1 heterocycles. The number of carbonyl (C=O) groups is 1. The topological polar surface area (TPSA) is 67.2 Å². The fraction of sp³-hybridized carbons (Fsp3) is 0.600. The molecular formula is C10H14F3N3O2. The Hall–Kier alpha value is -1.57. The van der Waals surface area contributed by atoms with Crippen molar-refractivity contribution < 1.29 is 22.4 Å². The highest BCUT2D eigenvalue weighted by Crippen LogP contribution is 2.11. The van der Waals surface area contributed by atoms with Gasteiger partial charge in [0.25, 0.3) is 0 Å². The van der Waals surface area contributed by atoms with E-state index in [1.165, 1.54) is 0 Å². The zero-order valence-electron chi connectivity index (χ0n) is 9.80. The Morgan fingerprint density at radius 2 is 2.22 bits per heavy atom. The zero-order valence-corrected chi connectivity index (χ0v) is 9.80. The van der Waals surface area contributed by atoms with Gasteiger partial charge in [0.1, 0.15) is 12.3 Å². The van der Waals surface area contributed by atoms with Crippen LogP contribution in [0.5, 0.6) is 0 Å². The molecule has 102 valence electrons. The van der Waals surface area contributed by atoms with Crippen molar-refractivity contribution in [1.82, 2.24) is 15.6 Å². The van der Waals surface area contributed by atoms with Crippen LogP contribution in [0.3, 0.4) is 0 Å². The van der Waals surface area contributed by atoms with Crippen molar-refractivity contribution in [3.63, 3.8) is 0 Å². The van der Waals surface area contributed by atoms with E-state index >= 15 is 0 Å². The average molecular weight is 265 g/mol. The molecule has 8 heteroatoms. The number of aromatic nitrogens is 1. The number of hydrogen-bond donors (Lipinski definition) is 2. The van der Waals surface area contributed by atoms with Crippen LogP contribution in [0, 0.1) is 0 Å². The predicted octanol–water partition coefficient (Wildman–Crippen LogP) is 1.01. The SMILES string of the molecule is CCc1cnc(CNCC(=O)NCC(F)(F)F)o1. The summed E-state index contributed by atoms with van der Waals surface area (Å²) in [7, 11) is 0. The lowest BCUT2D eigenvalue weighted by Gasteiger charge is -2.08. The second kappa shape index (κ2) is 6.39. The summed E-state index contributed by atoms with van der Waals surface area (Å²) in [5.74, 6) is 0.387. The molecule has 0 aliphatic rings. The lowest BCUT2D eigenvalue weighted by atomic mass is 10.4. The fourth-order valence-electron chi connectivity index (χ4n) is 1.14. The summed E-state index contributed by atoms with van der Waals surface area (Å²) >= 11 is 0. The predicted molar refractivity (Wildman–Crippen MR) is 56.7 cm³/mol. The first-order valence-electron chi connectivity index (χ1n) is 5.38. The molecule has 0 bridgehead atoms. The molecule has 0 spiro atoms. The molecule has 18 heavy (non-hydrogen) atoms. The highest BCUT2D eigenvalue weighted by atomic mass is 19.4. The molecule has 0 aromatic carbocycles. The number of carbonyl (C=O) groups excluding carboxylic acids is 1. The van der Waals surface area contributed by atoms with Crippen LogP contribution >= 0.6 is 0 Å². The Balaban J connectivity index is 2.19. The van der Waals surface area contributed by atoms with Crippen LogP contribution in [0.2, 0.25) is 0 Å². The molecule has 0 aliphatic heterocycles. The quantitative estimate of drug-likeness (QED) is 0.805. The first kappa shape index (κ1) is 14.5. The highest BCUT2D eigenvalue weighted by Gasteiger charge is 2.27. The molecule has 1 aromatic rings. The van der Waals surface area contributed by atoms with Gasteiger partial charge in [-0.05, 0) is 0 Å². The van der Waals surface area contributed by atoms with Crippen molar-refractivity contribution in [2.45, 2.75) is 26.1 Å². The number of halogens is 3. The number of rotatable bonds is 6. The van der Waals surface area contributed by atoms with E-state index in [-0.39, 0.29) is 13.1 Å². The van der Waals surface area contributed by atoms with Gasteiger partial charge >= 0.3 is 6.18 Å². The Morgan fingerprint density at radius 3 is 2.78 bits per heavy atom. The molecule has 1 aromatic heterocycles. The standard InChI is InChI=1S/C10H14F3N3O2/c1-2-7-3-15-9(18-7)5-14-4-8(17)16-6-10(11,12)13/h3,14H,2,4-6H2,1H3,(H,16,17). The summed E-state index contributed by atoms with van der Waals surface area (Å²) in [4.78, 5) is 14.9. The number of hydrogen-bond acceptors (Lipinski definition) is 4. The first-order chi connectivity index (χ1) is 8.40. The molecule has 0 saturated heterocycles. The minimum absolute atomic E-state index is 0.194. The Morgan fingerprint density at radius 1 is 1.50 bits per heavy atom. The van der Waals surface area contributed by atoms with E-state index in [1.54, 1.807) is 11.5 Å². The number of nitrogens with zero attached hydrogens (tertiary/aromatic N) is 1. The molecular weight excluding hydrogens is 251 g/mol. The number of oxazole rings is 1. The summed E-state index contributed by atoms with van der Waals surface area (Å²) in [5.41, 5.74) is 0. The van der Waals surface area contributed by atoms with Crippen LogP contribution in [-0.2, 0) is 17.8 Å². The van der Waals surface area contributed by atoms with Gasteiger partial charge in [0, 0.05) is 6.42 Å². The van der Waals surface area contributed by atoms with E-state index in [1.807, 2.05) is 6.92 Å². The minimum atomic E-state index is -4.39. The summed E-state index contributed by atoms with van der Waals surface area (Å²) in [6.45, 7) is 0.550. The maximum Gasteiger partial charge on any atom is 0.405 e. The molecule has 0 unspecified atom stereocenters. The molecule has 1 amide bonds. The van der Waals surface area contributed by atoms with Crippen LogP contribution in [0.4, 0.5) is 13.2 Å². The van der Waals surface area contributed by atoms with Crippen LogP contribution in [0.1, 0.15) is 18.6 Å². The fourth-order valence-corrected chi connectivity index (χ4v) is 1.14. The number of nitrogens with one attached hydrogen (secondary N) is 2. The Bertz CT molecular complexity index is 390. The minimum Gasteiger partial charge on any atom is -0.444 e. The number of aryl methyl sites for hydroxylation is 1. The van der Waals surface area contributed by atoms with Gasteiger partial charge in [-0.25, -0.2) is 4.98 Å². The maximum absolute atomic E-state index is 11.8. The third kappa shape index (κ3) is 5.67.